The van der Waals surface area contributed by atoms with Crippen LogP contribution in [0.1, 0.15) is 10.6 Å². The number of hydrogen-bond donors (Lipinski definition) is 1. The third-order valence-electron chi connectivity index (χ3n) is 2.11. The highest BCUT2D eigenvalue weighted by Gasteiger charge is 2.12. The second kappa shape index (κ2) is 4.89. The normalized spacial score (nSPS) is 10.1. The van der Waals surface area contributed by atoms with E-state index in [2.05, 4.69) is 5.32 Å². The van der Waals surface area contributed by atoms with Crippen LogP contribution in [0, 0.1) is 10.1 Å². The highest BCUT2D eigenvalue weighted by Crippen LogP contribution is 2.19. The summed E-state index contributed by atoms with van der Waals surface area (Å²) in [6.45, 7) is 0. The minimum Gasteiger partial charge on any atom is -0.440 e. The molecule has 2 rings (SSSR count). The van der Waals surface area contributed by atoms with Crippen molar-refractivity contribution >= 4 is 28.9 Å². The summed E-state index contributed by atoms with van der Waals surface area (Å²) in [6.07, 6.45) is 0. The van der Waals surface area contributed by atoms with Gasteiger partial charge < -0.3 is 9.73 Å². The van der Waals surface area contributed by atoms with Crippen LogP contribution in [-0.2, 0) is 0 Å². The minimum atomic E-state index is -0.542. The Labute approximate surface area is 106 Å². The van der Waals surface area contributed by atoms with Gasteiger partial charge in [-0.15, -0.1) is 0 Å². The maximum absolute atomic E-state index is 11.7. The van der Waals surface area contributed by atoms with Crippen LogP contribution < -0.4 is 5.32 Å². The molecule has 0 spiro atoms. The van der Waals surface area contributed by atoms with Crippen LogP contribution in [0.4, 0.5) is 11.4 Å². The predicted molar refractivity (Wildman–Crippen MR) is 64.8 cm³/mol. The second-order valence-corrected chi connectivity index (χ2v) is 3.74. The van der Waals surface area contributed by atoms with Gasteiger partial charge in [0.15, 0.2) is 11.0 Å². The maximum Gasteiger partial charge on any atom is 0.291 e. The molecular weight excluding hydrogens is 260 g/mol. The van der Waals surface area contributed by atoms with Gasteiger partial charge in [-0.2, -0.15) is 0 Å². The highest BCUT2D eigenvalue weighted by molar-refractivity contribution is 6.29. The van der Waals surface area contributed by atoms with E-state index in [0.717, 1.165) is 0 Å². The molecule has 1 aromatic carbocycles. The lowest BCUT2D eigenvalue weighted by Crippen LogP contribution is -2.10. The van der Waals surface area contributed by atoms with Gasteiger partial charge in [-0.05, 0) is 29.8 Å². The van der Waals surface area contributed by atoms with Crippen LogP contribution in [0.25, 0.3) is 0 Å². The Hall–Kier alpha value is -2.34. The molecule has 1 aromatic heterocycles. The number of carbonyl (C=O) groups excluding carboxylic acids is 1. The van der Waals surface area contributed by atoms with Crippen LogP contribution in [0.5, 0.6) is 0 Å². The molecule has 7 heteroatoms. The summed E-state index contributed by atoms with van der Waals surface area (Å²) in [4.78, 5) is 21.7. The van der Waals surface area contributed by atoms with Crippen LogP contribution in [0.3, 0.4) is 0 Å². The van der Waals surface area contributed by atoms with Gasteiger partial charge in [0.1, 0.15) is 0 Å². The van der Waals surface area contributed by atoms with E-state index in [9.17, 15) is 14.9 Å². The summed E-state index contributed by atoms with van der Waals surface area (Å²) in [7, 11) is 0. The molecule has 1 amide bonds. The lowest BCUT2D eigenvalue weighted by Gasteiger charge is -2.02. The van der Waals surface area contributed by atoms with Crippen LogP contribution in [-0.4, -0.2) is 10.8 Å². The van der Waals surface area contributed by atoms with E-state index >= 15 is 0 Å². The number of carbonyl (C=O) groups is 1. The van der Waals surface area contributed by atoms with E-state index in [1.165, 1.54) is 36.4 Å². The van der Waals surface area contributed by atoms with E-state index in [1.54, 1.807) is 0 Å². The number of nitro groups is 1. The van der Waals surface area contributed by atoms with Gasteiger partial charge in [0.05, 0.1) is 4.92 Å². The standard InChI is InChI=1S/C11H7ClN2O4/c12-10-5-4-9(18-10)11(15)13-7-2-1-3-8(6-7)14(16)17/h1-6H,(H,13,15). The third-order valence-corrected chi connectivity index (χ3v) is 2.31. The zero-order valence-corrected chi connectivity index (χ0v) is 9.68. The fourth-order valence-corrected chi connectivity index (χ4v) is 1.47. The average molecular weight is 267 g/mol. The topological polar surface area (TPSA) is 85.4 Å². The van der Waals surface area contributed by atoms with Gasteiger partial charge >= 0.3 is 0 Å². The summed E-state index contributed by atoms with van der Waals surface area (Å²) >= 11 is 5.54. The van der Waals surface area contributed by atoms with E-state index in [-0.39, 0.29) is 16.7 Å². The fraction of sp³-hybridized carbons (Fsp3) is 0. The first-order valence-corrected chi connectivity index (χ1v) is 5.25. The number of non-ortho nitro benzene ring substituents is 1. The number of hydrogen-bond acceptors (Lipinski definition) is 4. The van der Waals surface area contributed by atoms with Gasteiger partial charge in [0.2, 0.25) is 0 Å². The quantitative estimate of drug-likeness (QED) is 0.683. The Morgan fingerprint density at radius 3 is 2.72 bits per heavy atom. The lowest BCUT2D eigenvalue weighted by molar-refractivity contribution is -0.384. The number of nitro benzene ring substituents is 1. The van der Waals surface area contributed by atoms with Crippen molar-refractivity contribution in [3.8, 4) is 0 Å². The highest BCUT2D eigenvalue weighted by atomic mass is 35.5. The van der Waals surface area contributed by atoms with E-state index in [4.69, 9.17) is 16.0 Å². The zero-order valence-electron chi connectivity index (χ0n) is 8.92. The van der Waals surface area contributed by atoms with E-state index < -0.39 is 10.8 Å². The van der Waals surface area contributed by atoms with Gasteiger partial charge in [0.25, 0.3) is 11.6 Å². The molecule has 0 atom stereocenters. The number of nitrogens with zero attached hydrogens (tertiary/aromatic N) is 1. The van der Waals surface area contributed by atoms with Crippen molar-refractivity contribution in [2.75, 3.05) is 5.32 Å². The number of furan rings is 1. The Balaban J connectivity index is 2.16. The summed E-state index contributed by atoms with van der Waals surface area (Å²) in [6, 6.07) is 8.44. The lowest BCUT2D eigenvalue weighted by atomic mass is 10.2. The van der Waals surface area contributed by atoms with Gasteiger partial charge in [0, 0.05) is 17.8 Å². The third kappa shape index (κ3) is 2.67. The fourth-order valence-electron chi connectivity index (χ4n) is 1.33. The molecule has 0 aliphatic carbocycles. The molecule has 6 nitrogen and oxygen atoms in total. The second-order valence-electron chi connectivity index (χ2n) is 3.37. The van der Waals surface area contributed by atoms with Crippen molar-refractivity contribution in [1.29, 1.82) is 0 Å². The molecule has 2 aromatic rings. The summed E-state index contributed by atoms with van der Waals surface area (Å²) < 4.78 is 4.91. The zero-order chi connectivity index (χ0) is 13.1. The summed E-state index contributed by atoms with van der Waals surface area (Å²) in [5.74, 6) is -0.492. The number of nitrogens with one attached hydrogen (secondary N) is 1. The molecule has 0 fully saturated rings. The van der Waals surface area contributed by atoms with Crippen LogP contribution >= 0.6 is 11.6 Å². The van der Waals surface area contributed by atoms with Crippen molar-refractivity contribution in [1.82, 2.24) is 0 Å². The van der Waals surface area contributed by atoms with Crippen molar-refractivity contribution in [3.63, 3.8) is 0 Å². The molecular formula is C11H7ClN2O4. The van der Waals surface area contributed by atoms with E-state index in [0.29, 0.717) is 5.69 Å². The molecule has 0 bridgehead atoms. The van der Waals surface area contributed by atoms with Crippen molar-refractivity contribution < 1.29 is 14.1 Å². The first kappa shape index (κ1) is 12.1. The van der Waals surface area contributed by atoms with Crippen molar-refractivity contribution in [2.24, 2.45) is 0 Å². The van der Waals surface area contributed by atoms with Gasteiger partial charge in [-0.25, -0.2) is 0 Å². The first-order valence-electron chi connectivity index (χ1n) is 4.87. The number of halogens is 1. The Bertz CT molecular complexity index is 609. The molecule has 1 heterocycles. The summed E-state index contributed by atoms with van der Waals surface area (Å²) in [5.41, 5.74) is 0.201. The molecule has 0 radical (unpaired) electrons. The molecule has 0 saturated carbocycles. The SMILES string of the molecule is O=C(Nc1cccc([N+](=O)[O-])c1)c1ccc(Cl)o1. The van der Waals surface area contributed by atoms with Crippen LogP contribution in [0.15, 0.2) is 40.8 Å². The van der Waals surface area contributed by atoms with Gasteiger partial charge in [-0.1, -0.05) is 6.07 Å². The van der Waals surface area contributed by atoms with Crippen LogP contribution in [0.2, 0.25) is 5.22 Å². The maximum atomic E-state index is 11.7. The van der Waals surface area contributed by atoms with E-state index in [1.807, 2.05) is 0 Å². The Morgan fingerprint density at radius 2 is 2.11 bits per heavy atom. The average Bonchev–Trinajstić information content (AvgIpc) is 2.76. The van der Waals surface area contributed by atoms with Crippen molar-refractivity contribution in [3.05, 3.63) is 57.5 Å². The monoisotopic (exact) mass is 266 g/mol. The van der Waals surface area contributed by atoms with Crippen molar-refractivity contribution in [2.45, 2.75) is 0 Å². The Kier molecular flexibility index (Phi) is 3.29. The first-order chi connectivity index (χ1) is 8.56. The number of anilines is 1. The number of benzene rings is 1. The molecule has 18 heavy (non-hydrogen) atoms. The molecule has 0 saturated heterocycles. The molecule has 92 valence electrons. The molecule has 1 N–H and O–H groups in total. The largest absolute Gasteiger partial charge is 0.440 e. The molecule has 0 aliphatic heterocycles. The number of amides is 1. The number of rotatable bonds is 3. The Morgan fingerprint density at radius 1 is 1.33 bits per heavy atom. The predicted octanol–water partition coefficient (Wildman–Crippen LogP) is 3.09. The molecule has 0 unspecified atom stereocenters. The molecule has 0 aliphatic rings. The van der Waals surface area contributed by atoms with Gasteiger partial charge in [-0.3, -0.25) is 14.9 Å². The summed E-state index contributed by atoms with van der Waals surface area (Å²) in [5, 5.41) is 13.1. The minimum absolute atomic E-state index is 0.0338. The smallest absolute Gasteiger partial charge is 0.291 e.